The van der Waals surface area contributed by atoms with Gasteiger partial charge in [-0.05, 0) is 87.2 Å². The maximum absolute atomic E-state index is 12.5. The Morgan fingerprint density at radius 1 is 1.14 bits per heavy atom. The third kappa shape index (κ3) is 5.45. The Bertz CT molecular complexity index is 716. The van der Waals surface area contributed by atoms with Crippen molar-refractivity contribution in [1.29, 1.82) is 0 Å². The Balaban J connectivity index is 1.47. The maximum atomic E-state index is 12.5. The Hall–Kier alpha value is -1.65. The van der Waals surface area contributed by atoms with E-state index < -0.39 is 0 Å². The predicted molar refractivity (Wildman–Crippen MR) is 119 cm³/mol. The molecule has 1 heterocycles. The zero-order valence-corrected chi connectivity index (χ0v) is 18.3. The van der Waals surface area contributed by atoms with Crippen molar-refractivity contribution in [3.05, 3.63) is 57.8 Å². The van der Waals surface area contributed by atoms with Crippen LogP contribution in [0.1, 0.15) is 65.9 Å². The number of carbonyl (C=O) groups is 1. The number of benzene rings is 1. The van der Waals surface area contributed by atoms with E-state index in [-0.39, 0.29) is 5.91 Å². The van der Waals surface area contributed by atoms with Crippen LogP contribution in [0.3, 0.4) is 0 Å². The summed E-state index contributed by atoms with van der Waals surface area (Å²) in [5, 5.41) is 5.35. The summed E-state index contributed by atoms with van der Waals surface area (Å²) in [6, 6.07) is 13.0. The van der Waals surface area contributed by atoms with Crippen molar-refractivity contribution in [2.45, 2.75) is 51.5 Å². The highest BCUT2D eigenvalue weighted by Crippen LogP contribution is 2.40. The van der Waals surface area contributed by atoms with Gasteiger partial charge in [-0.1, -0.05) is 31.5 Å². The summed E-state index contributed by atoms with van der Waals surface area (Å²) in [7, 11) is 4.39. The molecule has 0 bridgehead atoms. The summed E-state index contributed by atoms with van der Waals surface area (Å²) in [5.74, 6) is 1.38. The Morgan fingerprint density at radius 3 is 2.43 bits per heavy atom. The van der Waals surface area contributed by atoms with Crippen LogP contribution in [0.4, 0.5) is 0 Å². The van der Waals surface area contributed by atoms with Gasteiger partial charge in [-0.3, -0.25) is 4.79 Å². The number of amides is 1. The molecule has 1 fully saturated rings. The van der Waals surface area contributed by atoms with Gasteiger partial charge in [-0.2, -0.15) is 0 Å². The lowest BCUT2D eigenvalue weighted by Crippen LogP contribution is -2.34. The minimum atomic E-state index is 0.0647. The van der Waals surface area contributed by atoms with Gasteiger partial charge >= 0.3 is 0 Å². The molecule has 3 rings (SSSR count). The second kappa shape index (κ2) is 10.2. The van der Waals surface area contributed by atoms with Crippen molar-refractivity contribution in [3.63, 3.8) is 0 Å². The number of aryl methyl sites for hydroxylation is 1. The van der Waals surface area contributed by atoms with Crippen molar-refractivity contribution in [3.8, 4) is 0 Å². The molecule has 1 aliphatic rings. The van der Waals surface area contributed by atoms with Crippen LogP contribution < -0.4 is 5.32 Å². The fourth-order valence-electron chi connectivity index (χ4n) is 4.53. The topological polar surface area (TPSA) is 32.3 Å². The van der Waals surface area contributed by atoms with Crippen LogP contribution in [-0.4, -0.2) is 31.4 Å². The molecule has 2 aromatic rings. The van der Waals surface area contributed by atoms with E-state index in [2.05, 4.69) is 60.9 Å². The van der Waals surface area contributed by atoms with Gasteiger partial charge in [0.15, 0.2) is 0 Å². The molecule has 1 amide bonds. The first kappa shape index (κ1) is 21.1. The standard InChI is InChI=1S/C24H34N2OS/c1-4-6-18-8-14-21(15-9-18)24(27)25-17-19-10-12-20(13-11-19)23(26(2)3)22-7-5-16-28-22/h5,7-9,14-16,19-20,23H,4,6,10-13,17H2,1-3H3,(H,25,27). The lowest BCUT2D eigenvalue weighted by Gasteiger charge is -2.37. The monoisotopic (exact) mass is 398 g/mol. The first-order chi connectivity index (χ1) is 13.6. The summed E-state index contributed by atoms with van der Waals surface area (Å²) in [4.78, 5) is 16.3. The van der Waals surface area contributed by atoms with Crippen molar-refractivity contribution in [2.24, 2.45) is 11.8 Å². The van der Waals surface area contributed by atoms with E-state index >= 15 is 0 Å². The van der Waals surface area contributed by atoms with E-state index in [0.717, 1.165) is 24.9 Å². The molecule has 1 aliphatic carbocycles. The third-order valence-corrected chi connectivity index (χ3v) is 6.98. The quantitative estimate of drug-likeness (QED) is 0.633. The minimum absolute atomic E-state index is 0.0647. The lowest BCUT2D eigenvalue weighted by atomic mass is 9.77. The molecule has 1 atom stereocenters. The molecule has 0 aliphatic heterocycles. The molecule has 4 heteroatoms. The lowest BCUT2D eigenvalue weighted by molar-refractivity contribution is 0.0934. The van der Waals surface area contributed by atoms with Gasteiger partial charge in [0.2, 0.25) is 0 Å². The van der Waals surface area contributed by atoms with Gasteiger partial charge in [0.1, 0.15) is 0 Å². The molecule has 1 aromatic heterocycles. The van der Waals surface area contributed by atoms with E-state index in [1.54, 1.807) is 0 Å². The summed E-state index contributed by atoms with van der Waals surface area (Å²) < 4.78 is 0. The number of rotatable bonds is 8. The van der Waals surface area contributed by atoms with E-state index in [0.29, 0.717) is 17.9 Å². The van der Waals surface area contributed by atoms with E-state index in [1.807, 2.05) is 23.5 Å². The van der Waals surface area contributed by atoms with Crippen LogP contribution in [0.15, 0.2) is 41.8 Å². The van der Waals surface area contributed by atoms with Gasteiger partial charge in [-0.15, -0.1) is 11.3 Å². The minimum Gasteiger partial charge on any atom is -0.352 e. The van der Waals surface area contributed by atoms with Crippen molar-refractivity contribution in [1.82, 2.24) is 10.2 Å². The van der Waals surface area contributed by atoms with Gasteiger partial charge in [0, 0.05) is 23.0 Å². The van der Waals surface area contributed by atoms with Gasteiger partial charge in [0.05, 0.1) is 0 Å². The zero-order chi connectivity index (χ0) is 19.9. The van der Waals surface area contributed by atoms with Crippen LogP contribution in [0, 0.1) is 11.8 Å². The Labute approximate surface area is 174 Å². The SMILES string of the molecule is CCCc1ccc(C(=O)NCC2CCC(C(c3cccs3)N(C)C)CC2)cc1. The number of nitrogens with zero attached hydrogens (tertiary/aromatic N) is 1. The van der Waals surface area contributed by atoms with Gasteiger partial charge in [-0.25, -0.2) is 0 Å². The smallest absolute Gasteiger partial charge is 0.251 e. The summed E-state index contributed by atoms with van der Waals surface area (Å²) in [6.45, 7) is 2.98. The number of nitrogens with one attached hydrogen (secondary N) is 1. The van der Waals surface area contributed by atoms with E-state index in [1.165, 1.54) is 36.1 Å². The fourth-order valence-corrected chi connectivity index (χ4v) is 5.54. The Kier molecular flexibility index (Phi) is 7.69. The number of hydrogen-bond acceptors (Lipinski definition) is 3. The van der Waals surface area contributed by atoms with Crippen LogP contribution in [0.25, 0.3) is 0 Å². The molecular formula is C24H34N2OS. The highest BCUT2D eigenvalue weighted by Gasteiger charge is 2.30. The van der Waals surface area contributed by atoms with Crippen LogP contribution in [0.2, 0.25) is 0 Å². The molecule has 28 heavy (non-hydrogen) atoms. The highest BCUT2D eigenvalue weighted by atomic mass is 32.1. The van der Waals surface area contributed by atoms with Crippen molar-refractivity contribution >= 4 is 17.2 Å². The maximum Gasteiger partial charge on any atom is 0.251 e. The molecule has 1 saturated carbocycles. The molecule has 0 saturated heterocycles. The average molecular weight is 399 g/mol. The summed E-state index contributed by atoms with van der Waals surface area (Å²) in [5.41, 5.74) is 2.08. The zero-order valence-electron chi connectivity index (χ0n) is 17.5. The molecule has 0 spiro atoms. The third-order valence-electron chi connectivity index (χ3n) is 6.04. The van der Waals surface area contributed by atoms with E-state index in [9.17, 15) is 4.79 Å². The van der Waals surface area contributed by atoms with Gasteiger partial charge in [0.25, 0.3) is 5.91 Å². The number of thiophene rings is 1. The fraction of sp³-hybridized carbons (Fsp3) is 0.542. The largest absolute Gasteiger partial charge is 0.352 e. The second-order valence-corrected chi connectivity index (χ2v) is 9.34. The first-order valence-electron chi connectivity index (χ1n) is 10.7. The van der Waals surface area contributed by atoms with Gasteiger partial charge < -0.3 is 10.2 Å². The second-order valence-electron chi connectivity index (χ2n) is 8.36. The van der Waals surface area contributed by atoms with Crippen molar-refractivity contribution in [2.75, 3.05) is 20.6 Å². The number of hydrogen-bond donors (Lipinski definition) is 1. The molecule has 1 unspecified atom stereocenters. The first-order valence-corrected chi connectivity index (χ1v) is 11.5. The van der Waals surface area contributed by atoms with Crippen LogP contribution in [-0.2, 0) is 6.42 Å². The summed E-state index contributed by atoms with van der Waals surface area (Å²) >= 11 is 1.87. The highest BCUT2D eigenvalue weighted by molar-refractivity contribution is 7.10. The average Bonchev–Trinajstić information content (AvgIpc) is 3.22. The van der Waals surface area contributed by atoms with Crippen molar-refractivity contribution < 1.29 is 4.79 Å². The summed E-state index contributed by atoms with van der Waals surface area (Å²) in [6.07, 6.45) is 7.10. The number of carbonyl (C=O) groups excluding carboxylic acids is 1. The molecule has 1 aromatic carbocycles. The molecular weight excluding hydrogens is 364 g/mol. The molecule has 152 valence electrons. The van der Waals surface area contributed by atoms with Crippen LogP contribution >= 0.6 is 11.3 Å². The van der Waals surface area contributed by atoms with E-state index in [4.69, 9.17) is 0 Å². The molecule has 3 nitrogen and oxygen atoms in total. The predicted octanol–water partition coefficient (Wildman–Crippen LogP) is 5.54. The molecule has 0 radical (unpaired) electrons. The Morgan fingerprint density at radius 2 is 1.86 bits per heavy atom. The van der Waals surface area contributed by atoms with Crippen LogP contribution in [0.5, 0.6) is 0 Å². The molecule has 1 N–H and O–H groups in total. The normalized spacial score (nSPS) is 20.9.